The Hall–Kier alpha value is -0.540. The van der Waals surface area contributed by atoms with E-state index >= 15 is 0 Å². The molecular weight excluding hydrogens is 190 g/mol. The largest absolute Gasteiger partial charge is 0.497 e. The smallest absolute Gasteiger partial charge is 0.110 e. The number of unbranched alkanes of at least 4 members (excludes halogenated alkanes) is 3. The van der Waals surface area contributed by atoms with Crippen molar-refractivity contribution >= 4 is 0 Å². The summed E-state index contributed by atoms with van der Waals surface area (Å²) >= 11 is 0. The first-order valence-electron chi connectivity index (χ1n) is 6.05. The highest BCUT2D eigenvalue weighted by Crippen LogP contribution is 2.08. The molecule has 88 valence electrons. The molecule has 3 heteroatoms. The number of ether oxygens (including phenoxy) is 1. The Kier molecular flexibility index (Phi) is 7.30. The molecule has 1 unspecified atom stereocenters. The first-order valence-corrected chi connectivity index (χ1v) is 6.05. The maximum Gasteiger partial charge on any atom is 0.110 e. The molecule has 1 aliphatic rings. The van der Waals surface area contributed by atoms with E-state index in [-0.39, 0.29) is 0 Å². The van der Waals surface area contributed by atoms with Gasteiger partial charge in [-0.15, -0.1) is 0 Å². The van der Waals surface area contributed by atoms with Gasteiger partial charge in [-0.2, -0.15) is 0 Å². The second-order valence-electron chi connectivity index (χ2n) is 4.05. The van der Waals surface area contributed by atoms with Gasteiger partial charge in [-0.3, -0.25) is 0 Å². The molecule has 1 aliphatic heterocycles. The van der Waals surface area contributed by atoms with Crippen molar-refractivity contribution in [2.45, 2.75) is 44.6 Å². The van der Waals surface area contributed by atoms with Crippen LogP contribution in [0.25, 0.3) is 0 Å². The lowest BCUT2D eigenvalue weighted by atomic mass is 10.1. The van der Waals surface area contributed by atoms with E-state index in [0.29, 0.717) is 12.7 Å². The van der Waals surface area contributed by atoms with Gasteiger partial charge in [0.15, 0.2) is 0 Å². The van der Waals surface area contributed by atoms with E-state index in [4.69, 9.17) is 9.84 Å². The molecule has 0 aromatic rings. The topological polar surface area (TPSA) is 41.5 Å². The van der Waals surface area contributed by atoms with Crippen LogP contribution in [0.15, 0.2) is 12.3 Å². The van der Waals surface area contributed by atoms with Gasteiger partial charge >= 0.3 is 0 Å². The van der Waals surface area contributed by atoms with E-state index in [1.807, 2.05) is 6.26 Å². The predicted octanol–water partition coefficient (Wildman–Crippen LogP) is 1.82. The van der Waals surface area contributed by atoms with Gasteiger partial charge in [0.05, 0.1) is 6.26 Å². The predicted molar refractivity (Wildman–Crippen MR) is 61.7 cm³/mol. The quantitative estimate of drug-likeness (QED) is 0.604. The Labute approximate surface area is 92.5 Å². The number of allylic oxidation sites excluding steroid dienone is 1. The van der Waals surface area contributed by atoms with Crippen LogP contribution >= 0.6 is 0 Å². The molecule has 0 spiro atoms. The summed E-state index contributed by atoms with van der Waals surface area (Å²) in [6.45, 7) is 2.36. The lowest BCUT2D eigenvalue weighted by molar-refractivity contribution is 0.122. The van der Waals surface area contributed by atoms with Crippen LogP contribution in [-0.4, -0.2) is 30.9 Å². The van der Waals surface area contributed by atoms with Gasteiger partial charge in [0, 0.05) is 13.2 Å². The number of rotatable bonds is 8. The van der Waals surface area contributed by atoms with E-state index in [1.54, 1.807) is 0 Å². The third-order valence-electron chi connectivity index (χ3n) is 2.66. The van der Waals surface area contributed by atoms with Crippen LogP contribution in [0, 0.1) is 0 Å². The third-order valence-corrected chi connectivity index (χ3v) is 2.66. The Morgan fingerprint density at radius 3 is 2.87 bits per heavy atom. The summed E-state index contributed by atoms with van der Waals surface area (Å²) in [5.41, 5.74) is 0. The summed E-state index contributed by atoms with van der Waals surface area (Å²) in [5, 5.41) is 12.0. The summed E-state index contributed by atoms with van der Waals surface area (Å²) in [6.07, 6.45) is 11.0. The van der Waals surface area contributed by atoms with E-state index in [2.05, 4.69) is 11.4 Å². The lowest BCUT2D eigenvalue weighted by Crippen LogP contribution is -2.29. The van der Waals surface area contributed by atoms with Crippen molar-refractivity contribution in [1.82, 2.24) is 5.32 Å². The van der Waals surface area contributed by atoms with Crippen molar-refractivity contribution in [1.29, 1.82) is 0 Å². The van der Waals surface area contributed by atoms with E-state index in [1.165, 1.54) is 12.8 Å². The van der Waals surface area contributed by atoms with Gasteiger partial charge in [0.2, 0.25) is 0 Å². The SMILES string of the molecule is OCCCCCCNCC1CCC=CO1. The fraction of sp³-hybridized carbons (Fsp3) is 0.833. The fourth-order valence-corrected chi connectivity index (χ4v) is 1.71. The van der Waals surface area contributed by atoms with E-state index < -0.39 is 0 Å². The molecule has 0 aliphatic carbocycles. The molecular formula is C12H23NO2. The zero-order valence-electron chi connectivity index (χ0n) is 9.45. The molecule has 3 nitrogen and oxygen atoms in total. The molecule has 0 aromatic carbocycles. The minimum atomic E-state index is 0.329. The summed E-state index contributed by atoms with van der Waals surface area (Å²) in [5.74, 6) is 0. The van der Waals surface area contributed by atoms with Crippen LogP contribution in [0.3, 0.4) is 0 Å². The average molecular weight is 213 g/mol. The Bertz CT molecular complexity index is 171. The second kappa shape index (κ2) is 8.74. The van der Waals surface area contributed by atoms with Crippen LogP contribution in [0.2, 0.25) is 0 Å². The molecule has 0 radical (unpaired) electrons. The average Bonchev–Trinajstić information content (AvgIpc) is 2.29. The van der Waals surface area contributed by atoms with Crippen LogP contribution < -0.4 is 5.32 Å². The molecule has 0 aromatic heterocycles. The third kappa shape index (κ3) is 6.52. The number of nitrogens with one attached hydrogen (secondary N) is 1. The van der Waals surface area contributed by atoms with Crippen LogP contribution in [-0.2, 0) is 4.74 Å². The molecule has 0 bridgehead atoms. The van der Waals surface area contributed by atoms with Gasteiger partial charge in [0.25, 0.3) is 0 Å². The molecule has 1 heterocycles. The lowest BCUT2D eigenvalue weighted by Gasteiger charge is -2.19. The first kappa shape index (κ1) is 12.5. The second-order valence-corrected chi connectivity index (χ2v) is 4.05. The normalized spacial score (nSPS) is 20.2. The molecule has 1 rings (SSSR count). The summed E-state index contributed by atoms with van der Waals surface area (Å²) in [6, 6.07) is 0. The van der Waals surface area contributed by atoms with Crippen molar-refractivity contribution in [2.24, 2.45) is 0 Å². The van der Waals surface area contributed by atoms with Gasteiger partial charge in [-0.25, -0.2) is 0 Å². The zero-order valence-corrected chi connectivity index (χ0v) is 9.45. The first-order chi connectivity index (χ1) is 7.43. The van der Waals surface area contributed by atoms with Gasteiger partial charge < -0.3 is 15.2 Å². The van der Waals surface area contributed by atoms with Crippen LogP contribution in [0.5, 0.6) is 0 Å². The van der Waals surface area contributed by atoms with Crippen LogP contribution in [0.1, 0.15) is 38.5 Å². The highest BCUT2D eigenvalue weighted by Gasteiger charge is 2.09. The van der Waals surface area contributed by atoms with E-state index in [9.17, 15) is 0 Å². The fourth-order valence-electron chi connectivity index (χ4n) is 1.71. The number of aliphatic hydroxyl groups excluding tert-OH is 1. The molecule has 2 N–H and O–H groups in total. The summed E-state index contributed by atoms with van der Waals surface area (Å²) in [7, 11) is 0. The van der Waals surface area contributed by atoms with Crippen molar-refractivity contribution in [3.05, 3.63) is 12.3 Å². The highest BCUT2D eigenvalue weighted by molar-refractivity contribution is 4.82. The molecule has 15 heavy (non-hydrogen) atoms. The molecule has 0 amide bonds. The van der Waals surface area contributed by atoms with Crippen molar-refractivity contribution in [2.75, 3.05) is 19.7 Å². The summed E-state index contributed by atoms with van der Waals surface area (Å²) < 4.78 is 5.45. The van der Waals surface area contributed by atoms with Gasteiger partial charge in [-0.1, -0.05) is 12.8 Å². The van der Waals surface area contributed by atoms with E-state index in [0.717, 1.165) is 38.8 Å². The Balaban J connectivity index is 1.82. The number of hydrogen-bond acceptors (Lipinski definition) is 3. The summed E-state index contributed by atoms with van der Waals surface area (Å²) in [4.78, 5) is 0. The molecule has 0 fully saturated rings. The highest BCUT2D eigenvalue weighted by atomic mass is 16.5. The molecule has 0 saturated carbocycles. The monoisotopic (exact) mass is 213 g/mol. The maximum absolute atomic E-state index is 8.60. The maximum atomic E-state index is 8.60. The number of aliphatic hydroxyl groups is 1. The molecule has 0 saturated heterocycles. The zero-order chi connectivity index (χ0) is 10.8. The number of hydrogen-bond donors (Lipinski definition) is 2. The Morgan fingerprint density at radius 2 is 2.13 bits per heavy atom. The van der Waals surface area contributed by atoms with Crippen LogP contribution in [0.4, 0.5) is 0 Å². The van der Waals surface area contributed by atoms with Crippen molar-refractivity contribution < 1.29 is 9.84 Å². The molecule has 1 atom stereocenters. The van der Waals surface area contributed by atoms with Crippen molar-refractivity contribution in [3.63, 3.8) is 0 Å². The van der Waals surface area contributed by atoms with Gasteiger partial charge in [0.1, 0.15) is 6.10 Å². The van der Waals surface area contributed by atoms with Crippen molar-refractivity contribution in [3.8, 4) is 0 Å². The van der Waals surface area contributed by atoms with Gasteiger partial charge in [-0.05, 0) is 38.3 Å². The minimum absolute atomic E-state index is 0.329. The minimum Gasteiger partial charge on any atom is -0.497 e. The standard InChI is InChI=1S/C12H23NO2/c14-9-5-2-1-4-8-13-11-12-7-3-6-10-15-12/h6,10,12-14H,1-5,7-9,11H2. The Morgan fingerprint density at radius 1 is 1.27 bits per heavy atom.